The Morgan fingerprint density at radius 1 is 1.65 bits per heavy atom. The second-order valence-electron chi connectivity index (χ2n) is 4.94. The SMILES string of the molecule is BP(C)CNC(=O)Cn1cnc(CC(N)CC(=O)O)c1. The lowest BCUT2D eigenvalue weighted by molar-refractivity contribution is -0.137. The molecule has 1 rings (SSSR count). The average Bonchev–Trinajstić information content (AvgIpc) is 2.72. The molecule has 1 heterocycles. The average molecular weight is 298 g/mol. The van der Waals surface area contributed by atoms with Crippen LogP contribution in [0.1, 0.15) is 12.1 Å². The Bertz CT molecular complexity index is 466. The lowest BCUT2D eigenvalue weighted by Gasteiger charge is -2.08. The van der Waals surface area contributed by atoms with Crippen LogP contribution in [0.3, 0.4) is 0 Å². The Kier molecular flexibility index (Phi) is 6.68. The summed E-state index contributed by atoms with van der Waals surface area (Å²) in [6.45, 7) is 2.30. The molecule has 2 unspecified atom stereocenters. The zero-order chi connectivity index (χ0) is 15.1. The summed E-state index contributed by atoms with van der Waals surface area (Å²) in [5.74, 6) is -0.980. The number of carbonyl (C=O) groups is 2. The van der Waals surface area contributed by atoms with E-state index >= 15 is 0 Å². The molecule has 0 radical (unpaired) electrons. The van der Waals surface area contributed by atoms with Gasteiger partial charge in [-0.15, -0.1) is 7.80 Å². The third kappa shape index (κ3) is 6.68. The topological polar surface area (TPSA) is 110 Å². The molecular formula is C11H20BN4O3P. The smallest absolute Gasteiger partial charge is 0.304 e. The number of aromatic nitrogens is 2. The lowest BCUT2D eigenvalue weighted by Crippen LogP contribution is -2.27. The van der Waals surface area contributed by atoms with Crippen molar-refractivity contribution in [3.05, 3.63) is 18.2 Å². The monoisotopic (exact) mass is 298 g/mol. The minimum Gasteiger partial charge on any atom is -0.481 e. The highest BCUT2D eigenvalue weighted by Crippen LogP contribution is 2.19. The molecule has 4 N–H and O–H groups in total. The van der Waals surface area contributed by atoms with Gasteiger partial charge in [0.15, 0.2) is 0 Å². The van der Waals surface area contributed by atoms with Crippen molar-refractivity contribution in [3.8, 4) is 0 Å². The van der Waals surface area contributed by atoms with E-state index in [0.717, 1.165) is 0 Å². The summed E-state index contributed by atoms with van der Waals surface area (Å²) in [7, 11) is 1.94. The predicted molar refractivity (Wildman–Crippen MR) is 80.6 cm³/mol. The Balaban J connectivity index is 2.43. The molecule has 0 aliphatic rings. The van der Waals surface area contributed by atoms with Crippen LogP contribution in [-0.2, 0) is 22.6 Å². The number of carboxylic acids is 1. The predicted octanol–water partition coefficient (Wildman–Crippen LogP) is -1.04. The first-order valence-electron chi connectivity index (χ1n) is 6.26. The van der Waals surface area contributed by atoms with Crippen LogP contribution < -0.4 is 11.1 Å². The maximum atomic E-state index is 11.6. The molecule has 0 saturated carbocycles. The molecule has 1 aromatic heterocycles. The summed E-state index contributed by atoms with van der Waals surface area (Å²) in [4.78, 5) is 26.3. The van der Waals surface area contributed by atoms with E-state index in [2.05, 4.69) is 24.5 Å². The van der Waals surface area contributed by atoms with Gasteiger partial charge in [0.25, 0.3) is 0 Å². The molecule has 0 fully saturated rings. The number of nitrogens with zero attached hydrogens (tertiary/aromatic N) is 2. The maximum Gasteiger partial charge on any atom is 0.304 e. The van der Waals surface area contributed by atoms with Crippen LogP contribution in [0.15, 0.2) is 12.5 Å². The Morgan fingerprint density at radius 3 is 2.95 bits per heavy atom. The molecule has 0 spiro atoms. The fourth-order valence-electron chi connectivity index (χ4n) is 1.63. The molecule has 0 aliphatic carbocycles. The van der Waals surface area contributed by atoms with Crippen LogP contribution >= 0.6 is 7.80 Å². The second-order valence-corrected chi connectivity index (χ2v) is 7.41. The summed E-state index contributed by atoms with van der Waals surface area (Å²) in [5, 5.41) is 11.5. The summed E-state index contributed by atoms with van der Waals surface area (Å²) in [6, 6.07) is -0.464. The van der Waals surface area contributed by atoms with Gasteiger partial charge in [-0.05, 0) is 0 Å². The second kappa shape index (κ2) is 8.02. The van der Waals surface area contributed by atoms with Gasteiger partial charge < -0.3 is 20.7 Å². The zero-order valence-electron chi connectivity index (χ0n) is 11.7. The van der Waals surface area contributed by atoms with Gasteiger partial charge in [0.1, 0.15) is 14.1 Å². The number of hydrogen-bond acceptors (Lipinski definition) is 4. The highest BCUT2D eigenvalue weighted by molar-refractivity contribution is 7.81. The van der Waals surface area contributed by atoms with Crippen molar-refractivity contribution in [3.63, 3.8) is 0 Å². The van der Waals surface area contributed by atoms with Crippen molar-refractivity contribution in [1.29, 1.82) is 0 Å². The molecule has 1 amide bonds. The van der Waals surface area contributed by atoms with E-state index < -0.39 is 12.0 Å². The molecule has 0 aromatic carbocycles. The number of carboxylic acid groups (broad SMARTS) is 1. The normalized spacial score (nSPS) is 13.7. The van der Waals surface area contributed by atoms with Crippen molar-refractivity contribution >= 4 is 27.2 Å². The number of rotatable bonds is 8. The molecule has 110 valence electrons. The summed E-state index contributed by atoms with van der Waals surface area (Å²) in [5.41, 5.74) is 6.39. The van der Waals surface area contributed by atoms with E-state index in [9.17, 15) is 9.59 Å². The van der Waals surface area contributed by atoms with E-state index in [1.165, 1.54) is 0 Å². The van der Waals surface area contributed by atoms with Crippen LogP contribution in [0.25, 0.3) is 0 Å². The van der Waals surface area contributed by atoms with Gasteiger partial charge in [0, 0.05) is 24.9 Å². The number of carbonyl (C=O) groups excluding carboxylic acids is 1. The molecule has 0 saturated heterocycles. The molecular weight excluding hydrogens is 278 g/mol. The van der Waals surface area contributed by atoms with E-state index in [0.29, 0.717) is 18.4 Å². The third-order valence-electron chi connectivity index (χ3n) is 2.51. The highest BCUT2D eigenvalue weighted by atomic mass is 31.1. The zero-order valence-corrected chi connectivity index (χ0v) is 12.6. The van der Waals surface area contributed by atoms with Crippen molar-refractivity contribution in [1.82, 2.24) is 14.9 Å². The van der Waals surface area contributed by atoms with Crippen LogP contribution in [0.4, 0.5) is 0 Å². The van der Waals surface area contributed by atoms with E-state index in [-0.39, 0.29) is 26.7 Å². The van der Waals surface area contributed by atoms with Gasteiger partial charge >= 0.3 is 5.97 Å². The van der Waals surface area contributed by atoms with Crippen molar-refractivity contribution in [2.75, 3.05) is 13.0 Å². The molecule has 20 heavy (non-hydrogen) atoms. The van der Waals surface area contributed by atoms with E-state index in [1.54, 1.807) is 17.1 Å². The first-order valence-corrected chi connectivity index (χ1v) is 8.68. The summed E-state index contributed by atoms with van der Waals surface area (Å²) >= 11 is 0. The standard InChI is InChI=1S/C11H20BN4O3P/c1-20(12)7-15-10(17)5-16-4-9(14-6-16)2-8(13)3-11(18)19/h4,6,8H,2-3,5,7,12-13H2,1H3,(H,15,17)(H,18,19). The van der Waals surface area contributed by atoms with Crippen LogP contribution in [0.2, 0.25) is 0 Å². The molecule has 7 nitrogen and oxygen atoms in total. The number of imidazole rings is 1. The van der Waals surface area contributed by atoms with Gasteiger partial charge in [0.05, 0.1) is 18.4 Å². The van der Waals surface area contributed by atoms with Crippen molar-refractivity contribution in [2.45, 2.75) is 25.4 Å². The van der Waals surface area contributed by atoms with Gasteiger partial charge in [-0.2, -0.15) is 0 Å². The fourth-order valence-corrected chi connectivity index (χ4v) is 2.12. The summed E-state index contributed by atoms with van der Waals surface area (Å²) < 4.78 is 1.67. The number of nitrogens with one attached hydrogen (secondary N) is 1. The summed E-state index contributed by atoms with van der Waals surface area (Å²) in [6.07, 6.45) is 4.28. The third-order valence-corrected chi connectivity index (χ3v) is 3.30. The first kappa shape index (κ1) is 16.7. The Morgan fingerprint density at radius 2 is 2.35 bits per heavy atom. The lowest BCUT2D eigenvalue weighted by atomic mass is 10.1. The van der Waals surface area contributed by atoms with Crippen molar-refractivity contribution < 1.29 is 14.7 Å². The fraction of sp³-hybridized carbons (Fsp3) is 0.545. The molecule has 9 heteroatoms. The molecule has 0 aliphatic heterocycles. The molecule has 0 bridgehead atoms. The maximum absolute atomic E-state index is 11.6. The van der Waals surface area contributed by atoms with Gasteiger partial charge in [-0.25, -0.2) is 4.98 Å². The highest BCUT2D eigenvalue weighted by Gasteiger charge is 2.11. The number of amides is 1. The Hall–Kier alpha value is -1.40. The molecule has 2 atom stereocenters. The molecule has 1 aromatic rings. The largest absolute Gasteiger partial charge is 0.481 e. The first-order chi connectivity index (χ1) is 9.36. The van der Waals surface area contributed by atoms with Crippen molar-refractivity contribution in [2.24, 2.45) is 5.73 Å². The van der Waals surface area contributed by atoms with Crippen LogP contribution in [-0.4, -0.2) is 53.1 Å². The van der Waals surface area contributed by atoms with Gasteiger partial charge in [-0.1, -0.05) is 6.66 Å². The minimum absolute atomic E-state index is 0.0556. The van der Waals surface area contributed by atoms with E-state index in [4.69, 9.17) is 10.8 Å². The van der Waals surface area contributed by atoms with Gasteiger partial charge in [-0.3, -0.25) is 9.59 Å². The number of aliphatic carboxylic acids is 1. The Labute approximate surface area is 120 Å². The quantitative estimate of drug-likeness (QED) is 0.419. The minimum atomic E-state index is -0.924. The number of hydrogen-bond donors (Lipinski definition) is 3. The van der Waals surface area contributed by atoms with Crippen LogP contribution in [0.5, 0.6) is 0 Å². The van der Waals surface area contributed by atoms with Gasteiger partial charge in [0.2, 0.25) is 5.91 Å². The number of nitrogens with two attached hydrogens (primary N) is 1. The van der Waals surface area contributed by atoms with Crippen LogP contribution in [0, 0.1) is 0 Å². The van der Waals surface area contributed by atoms with E-state index in [1.807, 2.05) is 0 Å².